The first-order chi connectivity index (χ1) is 10.2. The Bertz CT molecular complexity index is 628. The molecule has 0 radical (unpaired) electrons. The van der Waals surface area contributed by atoms with Gasteiger partial charge in [0.2, 0.25) is 0 Å². The van der Waals surface area contributed by atoms with Gasteiger partial charge in [-0.3, -0.25) is 4.98 Å². The Morgan fingerprint density at radius 3 is 2.95 bits per heavy atom. The summed E-state index contributed by atoms with van der Waals surface area (Å²) in [6.45, 7) is 4.78. The number of fused-ring (bicyclic) bond motifs is 1. The zero-order valence-corrected chi connectivity index (χ0v) is 13.0. The fourth-order valence-electron chi connectivity index (χ4n) is 3.02. The van der Waals surface area contributed by atoms with Crippen LogP contribution in [-0.2, 0) is 4.74 Å². The van der Waals surface area contributed by atoms with Crippen molar-refractivity contribution in [2.24, 2.45) is 0 Å². The normalized spacial score (nSPS) is 21.6. The number of hydrogen-bond donors (Lipinski definition) is 1. The van der Waals surface area contributed by atoms with Crippen molar-refractivity contribution in [3.63, 3.8) is 0 Å². The van der Waals surface area contributed by atoms with E-state index in [2.05, 4.69) is 52.6 Å². The second kappa shape index (κ2) is 6.10. The van der Waals surface area contributed by atoms with Crippen LogP contribution in [0.4, 0.5) is 0 Å². The maximum Gasteiger partial charge on any atom is 0.0896 e. The fourth-order valence-corrected chi connectivity index (χ4v) is 3.02. The number of rotatable bonds is 3. The zero-order chi connectivity index (χ0) is 14.8. The predicted molar refractivity (Wildman–Crippen MR) is 85.5 cm³/mol. The van der Waals surface area contributed by atoms with Gasteiger partial charge in [0.05, 0.1) is 24.3 Å². The molecule has 2 aromatic rings. The van der Waals surface area contributed by atoms with E-state index in [-0.39, 0.29) is 12.1 Å². The topological polar surface area (TPSA) is 37.4 Å². The van der Waals surface area contributed by atoms with Gasteiger partial charge >= 0.3 is 0 Å². The van der Waals surface area contributed by atoms with E-state index in [4.69, 9.17) is 4.74 Å². The maximum atomic E-state index is 5.97. The molecule has 4 heteroatoms. The lowest BCUT2D eigenvalue weighted by atomic mass is 9.98. The number of pyridine rings is 1. The number of morpholine rings is 1. The molecule has 0 bridgehead atoms. The van der Waals surface area contributed by atoms with Gasteiger partial charge in [-0.1, -0.05) is 12.1 Å². The van der Waals surface area contributed by atoms with Gasteiger partial charge in [-0.25, -0.2) is 0 Å². The lowest BCUT2D eigenvalue weighted by Gasteiger charge is -2.35. The van der Waals surface area contributed by atoms with E-state index in [0.717, 1.165) is 30.9 Å². The highest BCUT2D eigenvalue weighted by molar-refractivity contribution is 5.79. The number of nitrogens with zero attached hydrogens (tertiary/aromatic N) is 2. The quantitative estimate of drug-likeness (QED) is 0.937. The Balaban J connectivity index is 1.91. The van der Waals surface area contributed by atoms with Crippen molar-refractivity contribution in [3.05, 3.63) is 41.6 Å². The number of nitrogens with one attached hydrogen (secondary N) is 1. The van der Waals surface area contributed by atoms with Crippen molar-refractivity contribution >= 4 is 10.9 Å². The van der Waals surface area contributed by atoms with Gasteiger partial charge in [0.15, 0.2) is 0 Å². The van der Waals surface area contributed by atoms with E-state index < -0.39 is 0 Å². The van der Waals surface area contributed by atoms with E-state index in [1.807, 2.05) is 14.0 Å². The molecule has 4 nitrogen and oxygen atoms in total. The molecule has 2 heterocycles. The molecule has 0 amide bonds. The minimum atomic E-state index is 0.185. The third kappa shape index (κ3) is 3.07. The molecule has 1 aromatic carbocycles. The Morgan fingerprint density at radius 1 is 1.33 bits per heavy atom. The first-order valence-corrected chi connectivity index (χ1v) is 7.52. The molecule has 112 valence electrons. The Hall–Kier alpha value is -1.49. The second-order valence-electron chi connectivity index (χ2n) is 5.84. The third-order valence-corrected chi connectivity index (χ3v) is 4.19. The van der Waals surface area contributed by atoms with E-state index >= 15 is 0 Å². The van der Waals surface area contributed by atoms with Crippen molar-refractivity contribution in [3.8, 4) is 0 Å². The van der Waals surface area contributed by atoms with Gasteiger partial charge < -0.3 is 15.0 Å². The molecule has 3 rings (SSSR count). The summed E-state index contributed by atoms with van der Waals surface area (Å²) >= 11 is 0. The Morgan fingerprint density at radius 2 is 2.19 bits per heavy atom. The molecule has 1 saturated heterocycles. The van der Waals surface area contributed by atoms with Crippen LogP contribution in [0.15, 0.2) is 30.3 Å². The van der Waals surface area contributed by atoms with Gasteiger partial charge in [-0.2, -0.15) is 0 Å². The monoisotopic (exact) mass is 285 g/mol. The van der Waals surface area contributed by atoms with Crippen LogP contribution in [0, 0.1) is 6.92 Å². The number of ether oxygens (including phenoxy) is 1. The highest BCUT2D eigenvalue weighted by Crippen LogP contribution is 2.25. The highest BCUT2D eigenvalue weighted by atomic mass is 16.5. The number of aromatic nitrogens is 1. The zero-order valence-electron chi connectivity index (χ0n) is 13.0. The van der Waals surface area contributed by atoms with Crippen LogP contribution in [-0.4, -0.2) is 49.8 Å². The molecule has 1 aromatic heterocycles. The van der Waals surface area contributed by atoms with Crippen LogP contribution in [0.5, 0.6) is 0 Å². The average molecular weight is 285 g/mol. The number of likely N-dealkylation sites (N-methyl/N-ethyl adjacent to an activating group) is 2. The third-order valence-electron chi connectivity index (χ3n) is 4.19. The Labute approximate surface area is 126 Å². The van der Waals surface area contributed by atoms with Gasteiger partial charge in [-0.05, 0) is 44.8 Å². The van der Waals surface area contributed by atoms with Crippen LogP contribution in [0.3, 0.4) is 0 Å². The van der Waals surface area contributed by atoms with Crippen molar-refractivity contribution in [1.82, 2.24) is 15.2 Å². The summed E-state index contributed by atoms with van der Waals surface area (Å²) in [6, 6.07) is 10.9. The summed E-state index contributed by atoms with van der Waals surface area (Å²) in [4.78, 5) is 6.89. The van der Waals surface area contributed by atoms with E-state index in [0.29, 0.717) is 0 Å². The SMILES string of the molecule is CNC(c1ccc2nc(C)ccc2c1)C1CN(C)CCO1. The highest BCUT2D eigenvalue weighted by Gasteiger charge is 2.27. The fraction of sp³-hybridized carbons (Fsp3) is 0.471. The molecule has 0 saturated carbocycles. The number of benzene rings is 1. The predicted octanol–water partition coefficient (Wildman–Crippen LogP) is 2.13. The average Bonchev–Trinajstić information content (AvgIpc) is 2.48. The minimum Gasteiger partial charge on any atom is -0.374 e. The lowest BCUT2D eigenvalue weighted by Crippen LogP contribution is -2.46. The standard InChI is InChI=1S/C17H23N3O/c1-12-4-5-13-10-14(6-7-15(13)19-12)17(18-2)16-11-20(3)8-9-21-16/h4-7,10,16-18H,8-9,11H2,1-3H3. The van der Waals surface area contributed by atoms with E-state index in [1.165, 1.54) is 10.9 Å². The van der Waals surface area contributed by atoms with E-state index in [1.54, 1.807) is 0 Å². The summed E-state index contributed by atoms with van der Waals surface area (Å²) in [7, 11) is 4.15. The largest absolute Gasteiger partial charge is 0.374 e. The first-order valence-electron chi connectivity index (χ1n) is 7.52. The summed E-state index contributed by atoms with van der Waals surface area (Å²) in [5, 5.41) is 4.60. The van der Waals surface area contributed by atoms with Crippen molar-refractivity contribution in [2.45, 2.75) is 19.1 Å². The van der Waals surface area contributed by atoms with Gasteiger partial charge in [0, 0.05) is 24.2 Å². The number of hydrogen-bond acceptors (Lipinski definition) is 4. The summed E-state index contributed by atoms with van der Waals surface area (Å²) < 4.78 is 5.97. The smallest absolute Gasteiger partial charge is 0.0896 e. The Kier molecular flexibility index (Phi) is 4.19. The van der Waals surface area contributed by atoms with Crippen molar-refractivity contribution in [2.75, 3.05) is 33.8 Å². The molecule has 1 aliphatic rings. The molecule has 2 unspecified atom stereocenters. The van der Waals surface area contributed by atoms with Crippen LogP contribution in [0.1, 0.15) is 17.3 Å². The second-order valence-corrected chi connectivity index (χ2v) is 5.84. The first kappa shape index (κ1) is 14.4. The van der Waals surface area contributed by atoms with Crippen molar-refractivity contribution < 1.29 is 4.74 Å². The molecule has 1 fully saturated rings. The molecule has 0 aliphatic carbocycles. The van der Waals surface area contributed by atoms with Crippen molar-refractivity contribution in [1.29, 1.82) is 0 Å². The summed E-state index contributed by atoms with van der Waals surface area (Å²) in [5.41, 5.74) is 3.36. The molecular weight excluding hydrogens is 262 g/mol. The molecule has 21 heavy (non-hydrogen) atoms. The van der Waals surface area contributed by atoms with Crippen LogP contribution in [0.2, 0.25) is 0 Å². The molecule has 1 N–H and O–H groups in total. The van der Waals surface area contributed by atoms with Crippen LogP contribution < -0.4 is 5.32 Å². The lowest BCUT2D eigenvalue weighted by molar-refractivity contribution is -0.0380. The summed E-state index contributed by atoms with van der Waals surface area (Å²) in [5.74, 6) is 0. The molecule has 0 spiro atoms. The molecule has 1 aliphatic heterocycles. The van der Waals surface area contributed by atoms with Gasteiger partial charge in [0.25, 0.3) is 0 Å². The van der Waals surface area contributed by atoms with Crippen LogP contribution >= 0.6 is 0 Å². The maximum absolute atomic E-state index is 5.97. The van der Waals surface area contributed by atoms with Gasteiger partial charge in [-0.15, -0.1) is 0 Å². The van der Waals surface area contributed by atoms with E-state index in [9.17, 15) is 0 Å². The summed E-state index contributed by atoms with van der Waals surface area (Å²) in [6.07, 6.45) is 0.185. The minimum absolute atomic E-state index is 0.185. The molecule has 2 atom stereocenters. The van der Waals surface area contributed by atoms with Gasteiger partial charge in [0.1, 0.15) is 0 Å². The molecular formula is C17H23N3O. The van der Waals surface area contributed by atoms with Crippen LogP contribution in [0.25, 0.3) is 10.9 Å². The number of aryl methyl sites for hydroxylation is 1.